The van der Waals surface area contributed by atoms with E-state index in [-0.39, 0.29) is 0 Å². The lowest BCUT2D eigenvalue weighted by Gasteiger charge is -2.26. The highest BCUT2D eigenvalue weighted by atomic mass is 19.4. The van der Waals surface area contributed by atoms with Gasteiger partial charge in [-0.15, -0.1) is 0 Å². The van der Waals surface area contributed by atoms with Gasteiger partial charge in [-0.2, -0.15) is 26.3 Å². The van der Waals surface area contributed by atoms with Crippen LogP contribution in [0.2, 0.25) is 0 Å². The highest BCUT2D eigenvalue weighted by molar-refractivity contribution is 5.35. The predicted molar refractivity (Wildman–Crippen MR) is 65.3 cm³/mol. The fourth-order valence-electron chi connectivity index (χ4n) is 2.51. The van der Waals surface area contributed by atoms with Crippen molar-refractivity contribution >= 4 is 0 Å². The van der Waals surface area contributed by atoms with E-state index >= 15 is 0 Å². The fourth-order valence-corrected chi connectivity index (χ4v) is 2.51. The van der Waals surface area contributed by atoms with E-state index in [2.05, 4.69) is 9.47 Å². The SMILES string of the molecule is FC(F)(F)COC(OCC(F)(F)F)[C@H]1CCc2ccccc21. The highest BCUT2D eigenvalue weighted by Gasteiger charge is 2.38. The minimum Gasteiger partial charge on any atom is -0.343 e. The summed E-state index contributed by atoms with van der Waals surface area (Å²) in [7, 11) is 0. The summed E-state index contributed by atoms with van der Waals surface area (Å²) in [5.74, 6) is -0.638. The standard InChI is InChI=1S/C14H14F6O2/c15-13(16,17)7-21-12(22-8-14(18,19)20)11-6-5-9-3-1-2-4-10(9)11/h1-4,11-12H,5-8H2/t11-/m0/s1. The van der Waals surface area contributed by atoms with Gasteiger partial charge in [-0.05, 0) is 24.0 Å². The third-order valence-corrected chi connectivity index (χ3v) is 3.33. The first-order valence-electron chi connectivity index (χ1n) is 6.60. The molecule has 0 saturated carbocycles. The molecule has 22 heavy (non-hydrogen) atoms. The first-order valence-corrected chi connectivity index (χ1v) is 6.60. The van der Waals surface area contributed by atoms with Crippen molar-refractivity contribution in [3.8, 4) is 0 Å². The van der Waals surface area contributed by atoms with Gasteiger partial charge < -0.3 is 9.47 Å². The van der Waals surface area contributed by atoms with E-state index in [0.717, 1.165) is 5.56 Å². The Hall–Kier alpha value is -1.28. The molecule has 0 unspecified atom stereocenters. The summed E-state index contributed by atoms with van der Waals surface area (Å²) in [4.78, 5) is 0. The maximum Gasteiger partial charge on any atom is 0.411 e. The van der Waals surface area contributed by atoms with Gasteiger partial charge in [0.1, 0.15) is 13.2 Å². The second kappa shape index (κ2) is 6.45. The normalized spacial score (nSPS) is 18.8. The molecule has 0 amide bonds. The summed E-state index contributed by atoms with van der Waals surface area (Å²) in [6.45, 7) is -3.29. The molecule has 0 bridgehead atoms. The average molecular weight is 328 g/mol. The molecule has 0 aliphatic heterocycles. The number of aryl methyl sites for hydroxylation is 1. The van der Waals surface area contributed by atoms with Crippen LogP contribution < -0.4 is 0 Å². The van der Waals surface area contributed by atoms with Crippen LogP contribution in [0.4, 0.5) is 26.3 Å². The van der Waals surface area contributed by atoms with Gasteiger partial charge in [0.15, 0.2) is 6.29 Å². The molecule has 0 N–H and O–H groups in total. The zero-order chi connectivity index (χ0) is 16.4. The van der Waals surface area contributed by atoms with Crippen LogP contribution >= 0.6 is 0 Å². The number of alkyl halides is 6. The smallest absolute Gasteiger partial charge is 0.343 e. The fraction of sp³-hybridized carbons (Fsp3) is 0.571. The van der Waals surface area contributed by atoms with Crippen molar-refractivity contribution in [3.63, 3.8) is 0 Å². The molecular weight excluding hydrogens is 314 g/mol. The Balaban J connectivity index is 2.10. The van der Waals surface area contributed by atoms with Crippen molar-refractivity contribution in [2.75, 3.05) is 13.2 Å². The van der Waals surface area contributed by atoms with Crippen molar-refractivity contribution < 1.29 is 35.8 Å². The van der Waals surface area contributed by atoms with E-state index in [1.165, 1.54) is 0 Å². The van der Waals surface area contributed by atoms with Gasteiger partial charge in [0, 0.05) is 5.92 Å². The molecule has 1 aromatic carbocycles. The summed E-state index contributed by atoms with van der Waals surface area (Å²) in [6.07, 6.45) is -9.87. The van der Waals surface area contributed by atoms with Crippen LogP contribution in [0.25, 0.3) is 0 Å². The monoisotopic (exact) mass is 328 g/mol. The zero-order valence-corrected chi connectivity index (χ0v) is 11.4. The number of benzene rings is 1. The lowest BCUT2D eigenvalue weighted by Crippen LogP contribution is -2.32. The summed E-state index contributed by atoms with van der Waals surface area (Å²) >= 11 is 0. The van der Waals surface area contributed by atoms with Crippen LogP contribution in [0.3, 0.4) is 0 Å². The number of rotatable bonds is 5. The molecule has 0 fully saturated rings. The van der Waals surface area contributed by atoms with Gasteiger partial charge in [0.25, 0.3) is 0 Å². The van der Waals surface area contributed by atoms with Gasteiger partial charge in [-0.1, -0.05) is 24.3 Å². The number of ether oxygens (including phenoxy) is 2. The first-order chi connectivity index (χ1) is 10.2. The van der Waals surface area contributed by atoms with Crippen LogP contribution in [0, 0.1) is 0 Å². The van der Waals surface area contributed by atoms with Gasteiger partial charge in [0.05, 0.1) is 0 Å². The first kappa shape index (κ1) is 17.1. The lowest BCUT2D eigenvalue weighted by molar-refractivity contribution is -0.264. The minimum atomic E-state index is -4.63. The molecule has 1 aliphatic rings. The molecule has 124 valence electrons. The number of halogens is 6. The Kier molecular flexibility index (Phi) is 5.01. The van der Waals surface area contributed by atoms with E-state index in [0.29, 0.717) is 18.4 Å². The third kappa shape index (κ3) is 4.88. The molecule has 1 aromatic rings. The lowest BCUT2D eigenvalue weighted by atomic mass is 10.0. The van der Waals surface area contributed by atoms with E-state index in [4.69, 9.17) is 0 Å². The minimum absolute atomic E-state index is 0.389. The van der Waals surface area contributed by atoms with Crippen LogP contribution in [0.5, 0.6) is 0 Å². The molecule has 8 heteroatoms. The molecule has 2 nitrogen and oxygen atoms in total. The molecule has 0 radical (unpaired) electrons. The average Bonchev–Trinajstić information content (AvgIpc) is 2.80. The summed E-state index contributed by atoms with van der Waals surface area (Å²) < 4.78 is 82.8. The van der Waals surface area contributed by atoms with Gasteiger partial charge >= 0.3 is 12.4 Å². The Morgan fingerprint density at radius 2 is 1.50 bits per heavy atom. The quantitative estimate of drug-likeness (QED) is 0.596. The predicted octanol–water partition coefficient (Wildman–Crippen LogP) is 4.20. The van der Waals surface area contributed by atoms with Crippen molar-refractivity contribution in [2.24, 2.45) is 0 Å². The molecule has 0 spiro atoms. The second-order valence-electron chi connectivity index (χ2n) is 5.06. The summed E-state index contributed by atoms with van der Waals surface area (Å²) in [6, 6.07) is 6.92. The van der Waals surface area contributed by atoms with Gasteiger partial charge in [0.2, 0.25) is 0 Å². The van der Waals surface area contributed by atoms with Crippen molar-refractivity contribution in [1.82, 2.24) is 0 Å². The maximum atomic E-state index is 12.3. The Labute approximate surface area is 123 Å². The summed E-state index contributed by atoms with van der Waals surface area (Å²) in [5.41, 5.74) is 1.57. The molecular formula is C14H14F6O2. The number of hydrogen-bond acceptors (Lipinski definition) is 2. The molecule has 1 atom stereocenters. The largest absolute Gasteiger partial charge is 0.411 e. The Morgan fingerprint density at radius 3 is 2.05 bits per heavy atom. The Morgan fingerprint density at radius 1 is 0.955 bits per heavy atom. The molecule has 1 aliphatic carbocycles. The molecule has 2 rings (SSSR count). The highest BCUT2D eigenvalue weighted by Crippen LogP contribution is 2.38. The molecule has 0 heterocycles. The van der Waals surface area contributed by atoms with Crippen molar-refractivity contribution in [1.29, 1.82) is 0 Å². The number of fused-ring (bicyclic) bond motifs is 1. The molecule has 0 aromatic heterocycles. The van der Waals surface area contributed by atoms with E-state index in [1.54, 1.807) is 24.3 Å². The van der Waals surface area contributed by atoms with Crippen molar-refractivity contribution in [3.05, 3.63) is 35.4 Å². The van der Waals surface area contributed by atoms with Crippen LogP contribution in [-0.2, 0) is 15.9 Å². The maximum absolute atomic E-state index is 12.3. The van der Waals surface area contributed by atoms with E-state index in [9.17, 15) is 26.3 Å². The van der Waals surface area contributed by atoms with E-state index in [1.807, 2.05) is 0 Å². The second-order valence-corrected chi connectivity index (χ2v) is 5.06. The van der Waals surface area contributed by atoms with Crippen LogP contribution in [-0.4, -0.2) is 31.9 Å². The van der Waals surface area contributed by atoms with Gasteiger partial charge in [-0.25, -0.2) is 0 Å². The van der Waals surface area contributed by atoms with Gasteiger partial charge in [-0.3, -0.25) is 0 Å². The number of hydrogen-bond donors (Lipinski definition) is 0. The van der Waals surface area contributed by atoms with Crippen molar-refractivity contribution in [2.45, 2.75) is 37.4 Å². The molecule has 0 saturated heterocycles. The topological polar surface area (TPSA) is 18.5 Å². The Bertz CT molecular complexity index is 479. The van der Waals surface area contributed by atoms with Crippen LogP contribution in [0.1, 0.15) is 23.5 Å². The van der Waals surface area contributed by atoms with E-state index < -0.39 is 37.8 Å². The summed E-state index contributed by atoms with van der Waals surface area (Å²) in [5, 5.41) is 0. The zero-order valence-electron chi connectivity index (χ0n) is 11.4. The third-order valence-electron chi connectivity index (χ3n) is 3.33. The van der Waals surface area contributed by atoms with Crippen LogP contribution in [0.15, 0.2) is 24.3 Å².